The lowest BCUT2D eigenvalue weighted by molar-refractivity contribution is -0.161. The third kappa shape index (κ3) is 71.8. The summed E-state index contributed by atoms with van der Waals surface area (Å²) < 4.78 is 68.4. The van der Waals surface area contributed by atoms with Crippen molar-refractivity contribution in [2.75, 3.05) is 39.6 Å². The lowest BCUT2D eigenvalue weighted by Gasteiger charge is -2.21. The predicted molar refractivity (Wildman–Crippen MR) is 408 cm³/mol. The summed E-state index contributed by atoms with van der Waals surface area (Å²) in [6.07, 6.45) is 79.2. The third-order valence-corrected chi connectivity index (χ3v) is 17.9. The van der Waals surface area contributed by atoms with Crippen LogP contribution >= 0.6 is 15.6 Å². The fourth-order valence-electron chi connectivity index (χ4n) is 10.1. The zero-order valence-electron chi connectivity index (χ0n) is 62.6. The number of hydrogen-bond acceptors (Lipinski definition) is 15. The van der Waals surface area contributed by atoms with Crippen molar-refractivity contribution in [2.45, 2.75) is 329 Å². The van der Waals surface area contributed by atoms with Crippen molar-refractivity contribution in [3.63, 3.8) is 0 Å². The number of allylic oxidation sites excluding steroid dienone is 20. The number of hydrogen-bond donors (Lipinski definition) is 3. The third-order valence-electron chi connectivity index (χ3n) is 16.0. The van der Waals surface area contributed by atoms with Gasteiger partial charge >= 0.3 is 39.5 Å². The molecule has 5 atom stereocenters. The van der Waals surface area contributed by atoms with Gasteiger partial charge in [-0.25, -0.2) is 9.13 Å². The van der Waals surface area contributed by atoms with E-state index in [1.54, 1.807) is 0 Å². The molecule has 0 radical (unpaired) electrons. The number of carbonyl (C=O) groups excluding carboxylic acids is 4. The molecule has 0 amide bonds. The van der Waals surface area contributed by atoms with E-state index in [9.17, 15) is 43.2 Å². The first kappa shape index (κ1) is 95.5. The van der Waals surface area contributed by atoms with Crippen molar-refractivity contribution in [3.05, 3.63) is 122 Å². The molecule has 17 nitrogen and oxygen atoms in total. The number of rotatable bonds is 72. The van der Waals surface area contributed by atoms with Crippen LogP contribution in [0.4, 0.5) is 0 Å². The first-order chi connectivity index (χ1) is 48.7. The summed E-state index contributed by atoms with van der Waals surface area (Å²) >= 11 is 0. The fourth-order valence-corrected chi connectivity index (χ4v) is 11.7. The maximum Gasteiger partial charge on any atom is 0.472 e. The molecule has 0 fully saturated rings. The number of unbranched alkanes of at least 4 members (excludes halogenated alkanes) is 26. The fraction of sp³-hybridized carbons (Fsp3) is 0.704. The molecular formula is C81H138O17P2. The van der Waals surface area contributed by atoms with Crippen molar-refractivity contribution in [1.82, 2.24) is 0 Å². The minimum absolute atomic E-state index is 0.00224. The lowest BCUT2D eigenvalue weighted by atomic mass is 10.0. The molecule has 0 heterocycles. The Morgan fingerprint density at radius 3 is 0.810 bits per heavy atom. The van der Waals surface area contributed by atoms with Gasteiger partial charge in [0.25, 0.3) is 0 Å². The average Bonchev–Trinajstić information content (AvgIpc) is 1.00. The van der Waals surface area contributed by atoms with E-state index >= 15 is 0 Å². The van der Waals surface area contributed by atoms with Crippen LogP contribution in [0.3, 0.4) is 0 Å². The highest BCUT2D eigenvalue weighted by molar-refractivity contribution is 7.47. The Morgan fingerprint density at radius 1 is 0.290 bits per heavy atom. The highest BCUT2D eigenvalue weighted by atomic mass is 31.2. The number of aliphatic hydroxyl groups excluding tert-OH is 1. The smallest absolute Gasteiger partial charge is 0.462 e. The van der Waals surface area contributed by atoms with Crippen molar-refractivity contribution in [3.8, 4) is 0 Å². The zero-order valence-corrected chi connectivity index (χ0v) is 64.4. The topological polar surface area (TPSA) is 237 Å². The molecule has 0 aliphatic rings. The van der Waals surface area contributed by atoms with E-state index in [-0.39, 0.29) is 25.7 Å². The molecule has 100 heavy (non-hydrogen) atoms. The van der Waals surface area contributed by atoms with Crippen molar-refractivity contribution in [1.29, 1.82) is 0 Å². The molecule has 5 unspecified atom stereocenters. The van der Waals surface area contributed by atoms with Crippen LogP contribution in [0.1, 0.15) is 310 Å². The number of phosphoric acid groups is 2. The Kier molecular flexibility index (Phi) is 69.5. The second-order valence-electron chi connectivity index (χ2n) is 25.5. The Labute approximate surface area is 606 Å². The Hall–Kier alpha value is -4.54. The first-order valence-corrected chi connectivity index (χ1v) is 41.8. The van der Waals surface area contributed by atoms with Crippen LogP contribution in [0.25, 0.3) is 0 Å². The van der Waals surface area contributed by atoms with E-state index < -0.39 is 97.5 Å². The standard InChI is InChI=1S/C81H138O17P2/c1-5-9-13-17-21-25-29-32-35-37-40-43-47-50-54-58-62-66-79(84)92-72-77(98-81(86)68-64-60-56-52-48-44-41-38-36-33-30-26-22-18-14-10-6-2)74-96-100(89,90)94-70-75(82)69-93-99(87,88)95-73-76(97-80(85)67-63-59-55-51-45-28-24-20-16-12-8-4)71-91-78(83)65-61-57-53-49-46-42-39-34-31-27-23-19-15-11-7-3/h9-10,13-14,21-22,25-26,32-33,35-36,40-41,43-44,50,52,54,56,75-77,82H,5-8,11-12,15-20,23-24,27-31,34,37-39,42,45-49,51,53,55,57-74H2,1-4H3,(H,87,88)(H,89,90)/b13-9-,14-10-,25-21-,26-22-,35-32-,36-33-,43-40-,44-41-,54-50-,56-52-. The van der Waals surface area contributed by atoms with Crippen LogP contribution in [0.5, 0.6) is 0 Å². The number of ether oxygens (including phenoxy) is 4. The summed E-state index contributed by atoms with van der Waals surface area (Å²) in [5.74, 6) is -2.30. The Balaban J connectivity index is 5.43. The highest BCUT2D eigenvalue weighted by Gasteiger charge is 2.30. The average molecular weight is 1450 g/mol. The molecule has 0 aromatic carbocycles. The van der Waals surface area contributed by atoms with E-state index in [0.717, 1.165) is 109 Å². The number of carbonyl (C=O) groups is 4. The maximum atomic E-state index is 13.1. The van der Waals surface area contributed by atoms with Gasteiger partial charge in [0, 0.05) is 25.7 Å². The van der Waals surface area contributed by atoms with Gasteiger partial charge in [-0.2, -0.15) is 0 Å². The van der Waals surface area contributed by atoms with Gasteiger partial charge in [-0.3, -0.25) is 37.3 Å². The molecule has 0 aromatic heterocycles. The van der Waals surface area contributed by atoms with Gasteiger partial charge in [-0.1, -0.05) is 303 Å². The van der Waals surface area contributed by atoms with Crippen LogP contribution in [0, 0.1) is 0 Å². The molecule has 0 spiro atoms. The molecular weight excluding hydrogens is 1310 g/mol. The highest BCUT2D eigenvalue weighted by Crippen LogP contribution is 2.45. The van der Waals surface area contributed by atoms with Crippen LogP contribution in [-0.2, 0) is 65.4 Å². The van der Waals surface area contributed by atoms with Gasteiger partial charge in [-0.15, -0.1) is 0 Å². The molecule has 0 rings (SSSR count). The van der Waals surface area contributed by atoms with Gasteiger partial charge in [0.2, 0.25) is 0 Å². The molecule has 574 valence electrons. The van der Waals surface area contributed by atoms with Gasteiger partial charge in [0.1, 0.15) is 19.3 Å². The summed E-state index contributed by atoms with van der Waals surface area (Å²) in [6, 6.07) is 0. The Morgan fingerprint density at radius 2 is 0.520 bits per heavy atom. The molecule has 0 bridgehead atoms. The minimum atomic E-state index is -5.00. The molecule has 0 saturated carbocycles. The zero-order chi connectivity index (χ0) is 73.2. The molecule has 19 heteroatoms. The minimum Gasteiger partial charge on any atom is -0.462 e. The Bertz CT molecular complexity index is 2370. The molecule has 0 aliphatic heterocycles. The largest absolute Gasteiger partial charge is 0.472 e. The van der Waals surface area contributed by atoms with Crippen LogP contribution in [0.2, 0.25) is 0 Å². The monoisotopic (exact) mass is 1440 g/mol. The molecule has 0 aromatic rings. The van der Waals surface area contributed by atoms with Crippen LogP contribution < -0.4 is 0 Å². The van der Waals surface area contributed by atoms with Crippen molar-refractivity contribution < 1.29 is 80.2 Å². The van der Waals surface area contributed by atoms with Gasteiger partial charge in [-0.05, 0) is 103 Å². The summed E-state index contributed by atoms with van der Waals surface area (Å²) in [5.41, 5.74) is 0. The predicted octanol–water partition coefficient (Wildman–Crippen LogP) is 22.3. The second kappa shape index (κ2) is 72.8. The quantitative estimate of drug-likeness (QED) is 0.0169. The summed E-state index contributed by atoms with van der Waals surface area (Å²) in [7, 11) is -9.98. The lowest BCUT2D eigenvalue weighted by Crippen LogP contribution is -2.30. The van der Waals surface area contributed by atoms with Gasteiger partial charge in [0.05, 0.1) is 26.4 Å². The summed E-state index contributed by atoms with van der Waals surface area (Å²) in [6.45, 7) is 4.53. The number of aliphatic hydroxyl groups is 1. The van der Waals surface area contributed by atoms with Crippen LogP contribution in [0.15, 0.2) is 122 Å². The molecule has 0 aliphatic carbocycles. The molecule has 0 saturated heterocycles. The van der Waals surface area contributed by atoms with E-state index in [4.69, 9.17) is 37.0 Å². The van der Waals surface area contributed by atoms with E-state index in [1.807, 2.05) is 24.3 Å². The van der Waals surface area contributed by atoms with E-state index in [0.29, 0.717) is 38.5 Å². The molecule has 3 N–H and O–H groups in total. The SMILES string of the molecule is CC/C=C\C/C=C\C/C=C\C/C=C\C/C=C\CCCC(=O)OCC(COP(=O)(O)OCC(O)COP(=O)(O)OCC(COC(=O)CCCCCCCCCCCCCCCCC)OC(=O)CCCCCCCCCCCCC)OC(=O)CCC/C=C\C/C=C\C/C=C\C/C=C\C/C=C\CC. The second-order valence-corrected chi connectivity index (χ2v) is 28.5. The van der Waals surface area contributed by atoms with E-state index in [1.165, 1.54) is 109 Å². The summed E-state index contributed by atoms with van der Waals surface area (Å²) in [4.78, 5) is 72.8. The van der Waals surface area contributed by atoms with Crippen molar-refractivity contribution in [2.24, 2.45) is 0 Å². The number of phosphoric ester groups is 2. The van der Waals surface area contributed by atoms with E-state index in [2.05, 4.69) is 125 Å². The van der Waals surface area contributed by atoms with Gasteiger partial charge in [0.15, 0.2) is 12.2 Å². The first-order valence-electron chi connectivity index (χ1n) is 38.8. The normalized spacial score (nSPS) is 14.6. The summed E-state index contributed by atoms with van der Waals surface area (Å²) in [5, 5.41) is 10.6. The number of esters is 4. The van der Waals surface area contributed by atoms with Crippen LogP contribution in [-0.4, -0.2) is 96.7 Å². The van der Waals surface area contributed by atoms with Crippen molar-refractivity contribution >= 4 is 39.5 Å². The van der Waals surface area contributed by atoms with Gasteiger partial charge < -0.3 is 33.8 Å². The maximum absolute atomic E-state index is 13.1.